The van der Waals surface area contributed by atoms with Crippen LogP contribution in [0.4, 0.5) is 0 Å². The van der Waals surface area contributed by atoms with Crippen molar-refractivity contribution in [3.8, 4) is 0 Å². The van der Waals surface area contributed by atoms with Gasteiger partial charge in [-0.2, -0.15) is 0 Å². The fourth-order valence-corrected chi connectivity index (χ4v) is 1.92. The van der Waals surface area contributed by atoms with Gasteiger partial charge in [0.2, 0.25) is 5.90 Å². The fourth-order valence-electron chi connectivity index (χ4n) is 1.65. The minimum absolute atomic E-state index is 0.555. The third-order valence-electron chi connectivity index (χ3n) is 2.94. The Labute approximate surface area is 105 Å². The highest BCUT2D eigenvalue weighted by Crippen LogP contribution is 2.19. The van der Waals surface area contributed by atoms with E-state index in [1.807, 2.05) is 24.3 Å². The fraction of sp³-hybridized carbons (Fsp3) is 0.462. The summed E-state index contributed by atoms with van der Waals surface area (Å²) in [4.78, 5) is 4.51. The maximum Gasteiger partial charge on any atom is 0.216 e. The summed E-state index contributed by atoms with van der Waals surface area (Å²) in [5, 5.41) is 0. The number of rotatable bonds is 2. The zero-order valence-electron chi connectivity index (χ0n) is 9.61. The number of aliphatic imine (C=N–C) groups is 1. The van der Waals surface area contributed by atoms with Gasteiger partial charge in [0.25, 0.3) is 0 Å². The molecule has 0 radical (unpaired) electrons. The third-order valence-corrected chi connectivity index (χ3v) is 3.47. The van der Waals surface area contributed by atoms with Crippen molar-refractivity contribution >= 4 is 21.8 Å². The molecule has 0 saturated heterocycles. The lowest BCUT2D eigenvalue weighted by atomic mass is 9.96. The van der Waals surface area contributed by atoms with Gasteiger partial charge in [0.05, 0.1) is 6.61 Å². The maximum atomic E-state index is 5.71. The Kier molecular flexibility index (Phi) is 3.64. The molecule has 0 aromatic heterocycles. The van der Waals surface area contributed by atoms with Gasteiger partial charge in [-0.1, -0.05) is 29.8 Å². The van der Waals surface area contributed by atoms with E-state index in [9.17, 15) is 0 Å². The molecule has 3 heteroatoms. The van der Waals surface area contributed by atoms with Crippen molar-refractivity contribution in [2.45, 2.75) is 13.8 Å². The van der Waals surface area contributed by atoms with E-state index in [1.165, 1.54) is 0 Å². The monoisotopic (exact) mass is 281 g/mol. The summed E-state index contributed by atoms with van der Waals surface area (Å²) < 4.78 is 6.79. The lowest BCUT2D eigenvalue weighted by molar-refractivity contribution is 0.186. The van der Waals surface area contributed by atoms with Crippen LogP contribution in [0.1, 0.15) is 19.4 Å². The van der Waals surface area contributed by atoms with Crippen molar-refractivity contribution in [2.75, 3.05) is 13.2 Å². The largest absolute Gasteiger partial charge is 0.477 e. The molecule has 2 rings (SSSR count). The van der Waals surface area contributed by atoms with E-state index in [-0.39, 0.29) is 0 Å². The number of ether oxygens (including phenoxy) is 1. The van der Waals surface area contributed by atoms with Crippen LogP contribution in [0.15, 0.2) is 33.7 Å². The summed E-state index contributed by atoms with van der Waals surface area (Å²) in [5.74, 6) is 1.97. The van der Waals surface area contributed by atoms with E-state index >= 15 is 0 Å². The zero-order valence-corrected chi connectivity index (χ0v) is 11.2. The van der Waals surface area contributed by atoms with Gasteiger partial charge in [-0.15, -0.1) is 0 Å². The Morgan fingerprint density at radius 2 is 2.00 bits per heavy atom. The highest BCUT2D eigenvalue weighted by molar-refractivity contribution is 9.10. The SMILES string of the molecule is CC(C)C1CN=C(c2ccc(Br)cc2)OC1. The summed E-state index contributed by atoms with van der Waals surface area (Å²) in [6.45, 7) is 6.10. The summed E-state index contributed by atoms with van der Waals surface area (Å²) in [6.07, 6.45) is 0. The summed E-state index contributed by atoms with van der Waals surface area (Å²) in [7, 11) is 0. The van der Waals surface area contributed by atoms with Crippen LogP contribution in [-0.4, -0.2) is 19.0 Å². The minimum atomic E-state index is 0.555. The Bertz CT molecular complexity index is 383. The second-order valence-corrected chi connectivity index (χ2v) is 5.38. The van der Waals surface area contributed by atoms with E-state index in [0.29, 0.717) is 11.8 Å². The van der Waals surface area contributed by atoms with Crippen LogP contribution in [0, 0.1) is 11.8 Å². The average Bonchev–Trinajstić information content (AvgIpc) is 2.30. The molecule has 1 aromatic carbocycles. The molecule has 1 aliphatic rings. The zero-order chi connectivity index (χ0) is 11.5. The van der Waals surface area contributed by atoms with Crippen molar-refractivity contribution in [3.05, 3.63) is 34.3 Å². The average molecular weight is 282 g/mol. The van der Waals surface area contributed by atoms with Crippen LogP contribution in [-0.2, 0) is 4.74 Å². The second-order valence-electron chi connectivity index (χ2n) is 4.47. The lowest BCUT2D eigenvalue weighted by Gasteiger charge is -2.24. The van der Waals surface area contributed by atoms with Crippen molar-refractivity contribution in [3.63, 3.8) is 0 Å². The van der Waals surface area contributed by atoms with Crippen LogP contribution in [0.3, 0.4) is 0 Å². The maximum absolute atomic E-state index is 5.71. The van der Waals surface area contributed by atoms with E-state index in [0.717, 1.165) is 29.1 Å². The first-order chi connectivity index (χ1) is 7.66. The summed E-state index contributed by atoms with van der Waals surface area (Å²) in [5.41, 5.74) is 1.06. The molecule has 0 fully saturated rings. The number of nitrogens with zero attached hydrogens (tertiary/aromatic N) is 1. The molecule has 1 aliphatic heterocycles. The Hall–Kier alpha value is -0.830. The molecule has 0 N–H and O–H groups in total. The number of hydrogen-bond donors (Lipinski definition) is 0. The molecule has 0 bridgehead atoms. The predicted molar refractivity (Wildman–Crippen MR) is 69.8 cm³/mol. The standard InChI is InChI=1S/C13H16BrNO/c1-9(2)11-7-15-13(16-8-11)10-3-5-12(14)6-4-10/h3-6,9,11H,7-8H2,1-2H3. The van der Waals surface area contributed by atoms with E-state index in [2.05, 4.69) is 34.8 Å². The van der Waals surface area contributed by atoms with Gasteiger partial charge in [-0.05, 0) is 30.2 Å². The molecule has 0 aliphatic carbocycles. The van der Waals surface area contributed by atoms with Crippen molar-refractivity contribution in [1.82, 2.24) is 0 Å². The van der Waals surface area contributed by atoms with Gasteiger partial charge >= 0.3 is 0 Å². The molecule has 16 heavy (non-hydrogen) atoms. The van der Waals surface area contributed by atoms with Gasteiger partial charge in [0.1, 0.15) is 0 Å². The molecule has 1 heterocycles. The van der Waals surface area contributed by atoms with E-state index in [4.69, 9.17) is 4.74 Å². The Morgan fingerprint density at radius 3 is 2.50 bits per heavy atom. The van der Waals surface area contributed by atoms with Crippen LogP contribution < -0.4 is 0 Å². The quantitative estimate of drug-likeness (QED) is 0.813. The number of benzene rings is 1. The first-order valence-corrected chi connectivity index (χ1v) is 6.39. The van der Waals surface area contributed by atoms with Crippen molar-refractivity contribution in [2.24, 2.45) is 16.8 Å². The second kappa shape index (κ2) is 5.00. The molecule has 1 unspecified atom stereocenters. The molecule has 0 saturated carbocycles. The highest BCUT2D eigenvalue weighted by atomic mass is 79.9. The summed E-state index contributed by atoms with van der Waals surface area (Å²) >= 11 is 3.42. The van der Waals surface area contributed by atoms with Gasteiger partial charge in [-0.25, -0.2) is 0 Å². The molecule has 86 valence electrons. The van der Waals surface area contributed by atoms with Gasteiger partial charge in [0.15, 0.2) is 0 Å². The topological polar surface area (TPSA) is 21.6 Å². The molecule has 2 nitrogen and oxygen atoms in total. The van der Waals surface area contributed by atoms with E-state index in [1.54, 1.807) is 0 Å². The predicted octanol–water partition coefficient (Wildman–Crippen LogP) is 3.50. The molecular weight excluding hydrogens is 266 g/mol. The first kappa shape index (κ1) is 11.6. The van der Waals surface area contributed by atoms with Crippen molar-refractivity contribution < 1.29 is 4.74 Å². The minimum Gasteiger partial charge on any atom is -0.477 e. The molecule has 0 spiro atoms. The van der Waals surface area contributed by atoms with Crippen LogP contribution in [0.2, 0.25) is 0 Å². The van der Waals surface area contributed by atoms with Crippen LogP contribution in [0.5, 0.6) is 0 Å². The lowest BCUT2D eigenvalue weighted by Crippen LogP contribution is -2.27. The Balaban J connectivity index is 2.10. The first-order valence-electron chi connectivity index (χ1n) is 5.60. The molecular formula is C13H16BrNO. The molecule has 0 amide bonds. The van der Waals surface area contributed by atoms with Gasteiger partial charge < -0.3 is 4.74 Å². The van der Waals surface area contributed by atoms with Gasteiger partial charge in [0, 0.05) is 22.5 Å². The van der Waals surface area contributed by atoms with Crippen LogP contribution >= 0.6 is 15.9 Å². The number of halogens is 1. The molecule has 1 atom stereocenters. The Morgan fingerprint density at radius 1 is 1.31 bits per heavy atom. The highest BCUT2D eigenvalue weighted by Gasteiger charge is 2.20. The van der Waals surface area contributed by atoms with E-state index < -0.39 is 0 Å². The van der Waals surface area contributed by atoms with Crippen LogP contribution in [0.25, 0.3) is 0 Å². The van der Waals surface area contributed by atoms with Gasteiger partial charge in [-0.3, -0.25) is 4.99 Å². The molecule has 1 aromatic rings. The smallest absolute Gasteiger partial charge is 0.216 e. The summed E-state index contributed by atoms with van der Waals surface area (Å²) in [6, 6.07) is 8.07. The number of hydrogen-bond acceptors (Lipinski definition) is 2. The normalized spacial score (nSPS) is 20.5. The third kappa shape index (κ3) is 2.64. The van der Waals surface area contributed by atoms with Crippen molar-refractivity contribution in [1.29, 1.82) is 0 Å².